The van der Waals surface area contributed by atoms with Crippen LogP contribution in [0.3, 0.4) is 0 Å². The Morgan fingerprint density at radius 2 is 1.79 bits per heavy atom. The predicted molar refractivity (Wildman–Crippen MR) is 79.5 cm³/mol. The van der Waals surface area contributed by atoms with Gasteiger partial charge in [0.25, 0.3) is 0 Å². The van der Waals surface area contributed by atoms with Crippen molar-refractivity contribution in [1.29, 1.82) is 0 Å². The predicted octanol–water partition coefficient (Wildman–Crippen LogP) is 4.85. The minimum atomic E-state index is -0.402. The van der Waals surface area contributed by atoms with Crippen LogP contribution in [0.1, 0.15) is 18.0 Å². The van der Waals surface area contributed by atoms with E-state index in [1.165, 1.54) is 0 Å². The highest BCUT2D eigenvalue weighted by molar-refractivity contribution is 7.99. The molecule has 0 aliphatic carbocycles. The number of alkyl halides is 1. The van der Waals surface area contributed by atoms with Gasteiger partial charge in [-0.3, -0.25) is 4.39 Å². The summed E-state index contributed by atoms with van der Waals surface area (Å²) in [6.45, 7) is -0.402. The third-order valence-corrected chi connectivity index (χ3v) is 4.13. The van der Waals surface area contributed by atoms with E-state index in [1.54, 1.807) is 11.8 Å². The average molecular weight is 296 g/mol. The maximum Gasteiger partial charge on any atom is 0.0912 e. The van der Waals surface area contributed by atoms with Crippen LogP contribution in [0.5, 0.6) is 0 Å². The van der Waals surface area contributed by atoms with E-state index >= 15 is 0 Å². The number of rotatable bonds is 5. The minimum absolute atomic E-state index is 0.263. The van der Waals surface area contributed by atoms with Crippen LogP contribution in [-0.4, -0.2) is 6.67 Å². The summed E-state index contributed by atoms with van der Waals surface area (Å²) < 4.78 is 12.4. The van der Waals surface area contributed by atoms with Gasteiger partial charge in [-0.1, -0.05) is 41.6 Å². The standard InChI is InChI=1S/C15H15ClFNS/c16-11-5-7-12(8-6-11)19-15-4-2-1-3-13(15)14(18)9-10-17/h1-8,14H,9-10,18H2/t14-/m0/s1. The molecule has 19 heavy (non-hydrogen) atoms. The van der Waals surface area contributed by atoms with Gasteiger partial charge >= 0.3 is 0 Å². The average Bonchev–Trinajstić information content (AvgIpc) is 2.42. The van der Waals surface area contributed by atoms with Gasteiger partial charge in [0.1, 0.15) is 0 Å². The van der Waals surface area contributed by atoms with Gasteiger partial charge < -0.3 is 5.73 Å². The zero-order chi connectivity index (χ0) is 13.7. The highest BCUT2D eigenvalue weighted by atomic mass is 35.5. The lowest BCUT2D eigenvalue weighted by Gasteiger charge is -2.14. The van der Waals surface area contributed by atoms with Crippen molar-refractivity contribution in [3.05, 3.63) is 59.1 Å². The van der Waals surface area contributed by atoms with Crippen LogP contribution < -0.4 is 5.73 Å². The van der Waals surface area contributed by atoms with Gasteiger partial charge in [-0.25, -0.2) is 0 Å². The van der Waals surface area contributed by atoms with Crippen molar-refractivity contribution in [3.8, 4) is 0 Å². The van der Waals surface area contributed by atoms with Crippen molar-refractivity contribution in [1.82, 2.24) is 0 Å². The first-order valence-electron chi connectivity index (χ1n) is 6.04. The largest absolute Gasteiger partial charge is 0.324 e. The summed E-state index contributed by atoms with van der Waals surface area (Å²) in [7, 11) is 0. The van der Waals surface area contributed by atoms with Crippen molar-refractivity contribution < 1.29 is 4.39 Å². The number of hydrogen-bond acceptors (Lipinski definition) is 2. The number of benzene rings is 2. The number of halogens is 2. The normalized spacial score (nSPS) is 12.4. The quantitative estimate of drug-likeness (QED) is 0.853. The Bertz CT molecular complexity index is 530. The first-order valence-corrected chi connectivity index (χ1v) is 7.24. The van der Waals surface area contributed by atoms with Crippen LogP contribution in [0.25, 0.3) is 0 Å². The monoisotopic (exact) mass is 295 g/mol. The van der Waals surface area contributed by atoms with Gasteiger partial charge in [-0.2, -0.15) is 0 Å². The van der Waals surface area contributed by atoms with Gasteiger partial charge in [-0.05, 0) is 42.3 Å². The molecule has 0 aliphatic heterocycles. The lowest BCUT2D eigenvalue weighted by Crippen LogP contribution is -2.11. The SMILES string of the molecule is N[C@@H](CCF)c1ccccc1Sc1ccc(Cl)cc1. The fraction of sp³-hybridized carbons (Fsp3) is 0.200. The van der Waals surface area contributed by atoms with Crippen LogP contribution >= 0.6 is 23.4 Å². The van der Waals surface area contributed by atoms with Crippen LogP contribution in [0.4, 0.5) is 4.39 Å². The molecule has 0 aromatic heterocycles. The molecule has 1 atom stereocenters. The molecule has 0 bridgehead atoms. The Balaban J connectivity index is 2.22. The molecular weight excluding hydrogens is 281 g/mol. The van der Waals surface area contributed by atoms with E-state index in [0.29, 0.717) is 11.4 Å². The molecule has 0 amide bonds. The molecule has 0 heterocycles. The van der Waals surface area contributed by atoms with Gasteiger partial charge in [-0.15, -0.1) is 0 Å². The molecule has 100 valence electrons. The second-order valence-corrected chi connectivity index (χ2v) is 5.73. The fourth-order valence-electron chi connectivity index (χ4n) is 1.78. The summed E-state index contributed by atoms with van der Waals surface area (Å²) in [6, 6.07) is 15.2. The molecule has 0 aliphatic rings. The first kappa shape index (κ1) is 14.4. The van der Waals surface area contributed by atoms with E-state index in [4.69, 9.17) is 17.3 Å². The highest BCUT2D eigenvalue weighted by Crippen LogP contribution is 2.33. The third-order valence-electron chi connectivity index (χ3n) is 2.78. The molecule has 0 unspecified atom stereocenters. The number of hydrogen-bond donors (Lipinski definition) is 1. The van der Waals surface area contributed by atoms with Crippen LogP contribution in [0.15, 0.2) is 58.3 Å². The molecule has 0 radical (unpaired) electrons. The Morgan fingerprint density at radius 1 is 1.11 bits per heavy atom. The molecule has 1 nitrogen and oxygen atoms in total. The second-order valence-electron chi connectivity index (χ2n) is 4.18. The van der Waals surface area contributed by atoms with Gasteiger partial charge in [0.15, 0.2) is 0 Å². The van der Waals surface area contributed by atoms with E-state index in [2.05, 4.69) is 0 Å². The Kier molecular flexibility index (Phi) is 5.25. The third kappa shape index (κ3) is 3.96. The van der Waals surface area contributed by atoms with E-state index in [0.717, 1.165) is 15.4 Å². The van der Waals surface area contributed by atoms with Crippen LogP contribution in [-0.2, 0) is 0 Å². The van der Waals surface area contributed by atoms with E-state index in [1.807, 2.05) is 48.5 Å². The summed E-state index contributed by atoms with van der Waals surface area (Å²) in [5.41, 5.74) is 7.00. The number of nitrogens with two attached hydrogens (primary N) is 1. The molecule has 0 saturated carbocycles. The van der Waals surface area contributed by atoms with E-state index in [9.17, 15) is 4.39 Å². The molecule has 2 N–H and O–H groups in total. The van der Waals surface area contributed by atoms with Gasteiger partial charge in [0.2, 0.25) is 0 Å². The smallest absolute Gasteiger partial charge is 0.0912 e. The first-order chi connectivity index (χ1) is 9.20. The maximum absolute atomic E-state index is 12.4. The molecule has 0 spiro atoms. The fourth-order valence-corrected chi connectivity index (χ4v) is 2.92. The Labute approximate surface area is 122 Å². The molecule has 2 rings (SSSR count). The van der Waals surface area contributed by atoms with Gasteiger partial charge in [0.05, 0.1) is 6.67 Å². The molecule has 0 saturated heterocycles. The highest BCUT2D eigenvalue weighted by Gasteiger charge is 2.11. The molecule has 2 aromatic rings. The zero-order valence-corrected chi connectivity index (χ0v) is 11.9. The topological polar surface area (TPSA) is 26.0 Å². The Morgan fingerprint density at radius 3 is 2.47 bits per heavy atom. The minimum Gasteiger partial charge on any atom is -0.324 e. The lowest BCUT2D eigenvalue weighted by molar-refractivity contribution is 0.440. The molecular formula is C15H15ClFNS. The molecule has 0 fully saturated rings. The van der Waals surface area contributed by atoms with Crippen LogP contribution in [0, 0.1) is 0 Å². The van der Waals surface area contributed by atoms with E-state index < -0.39 is 6.67 Å². The van der Waals surface area contributed by atoms with Gasteiger partial charge in [0, 0.05) is 20.9 Å². The molecule has 4 heteroatoms. The zero-order valence-electron chi connectivity index (χ0n) is 10.4. The maximum atomic E-state index is 12.4. The Hall–Kier alpha value is -1.03. The summed E-state index contributed by atoms with van der Waals surface area (Å²) in [5.74, 6) is 0. The van der Waals surface area contributed by atoms with Crippen molar-refractivity contribution in [2.45, 2.75) is 22.3 Å². The summed E-state index contributed by atoms with van der Waals surface area (Å²) in [5, 5.41) is 0.715. The lowest BCUT2D eigenvalue weighted by atomic mass is 10.1. The summed E-state index contributed by atoms with van der Waals surface area (Å²) >= 11 is 7.48. The molecule has 2 aromatic carbocycles. The summed E-state index contributed by atoms with van der Waals surface area (Å²) in [4.78, 5) is 2.15. The van der Waals surface area contributed by atoms with E-state index in [-0.39, 0.29) is 6.04 Å². The van der Waals surface area contributed by atoms with Crippen molar-refractivity contribution >= 4 is 23.4 Å². The van der Waals surface area contributed by atoms with Crippen LogP contribution in [0.2, 0.25) is 5.02 Å². The second kappa shape index (κ2) is 6.94. The van der Waals surface area contributed by atoms with Crippen molar-refractivity contribution in [2.75, 3.05) is 6.67 Å². The van der Waals surface area contributed by atoms with Crippen molar-refractivity contribution in [3.63, 3.8) is 0 Å². The van der Waals surface area contributed by atoms with Crippen molar-refractivity contribution in [2.24, 2.45) is 5.73 Å². The summed E-state index contributed by atoms with van der Waals surface area (Å²) in [6.07, 6.45) is 0.345.